The van der Waals surface area contributed by atoms with Gasteiger partial charge in [-0.25, -0.2) is 0 Å². The third-order valence-electron chi connectivity index (χ3n) is 4.93. The molecule has 1 amide bonds. The molecule has 6 nitrogen and oxygen atoms in total. The molecular formula is C19H16F3N3O3. The topological polar surface area (TPSA) is 74.2 Å². The molecule has 146 valence electrons. The molecule has 2 aliphatic rings. The van der Waals surface area contributed by atoms with E-state index in [1.165, 1.54) is 12.1 Å². The Morgan fingerprint density at radius 2 is 1.89 bits per heavy atom. The van der Waals surface area contributed by atoms with Crippen LogP contribution < -0.4 is 10.1 Å². The minimum atomic E-state index is -4.75. The fraction of sp³-hybridized carbons (Fsp3) is 0.263. The molecule has 2 aromatic carbocycles. The second-order valence-electron chi connectivity index (χ2n) is 6.77. The van der Waals surface area contributed by atoms with Gasteiger partial charge in [0, 0.05) is 18.7 Å². The van der Waals surface area contributed by atoms with E-state index in [4.69, 9.17) is 0 Å². The summed E-state index contributed by atoms with van der Waals surface area (Å²) in [6.45, 7) is 1.41. The van der Waals surface area contributed by atoms with Gasteiger partial charge in [0.25, 0.3) is 5.91 Å². The van der Waals surface area contributed by atoms with E-state index in [0.29, 0.717) is 23.4 Å². The summed E-state index contributed by atoms with van der Waals surface area (Å²) < 4.78 is 41.1. The highest BCUT2D eigenvalue weighted by Crippen LogP contribution is 2.40. The lowest BCUT2D eigenvalue weighted by Crippen LogP contribution is -2.27. The summed E-state index contributed by atoms with van der Waals surface area (Å²) in [4.78, 5) is 14.2. The summed E-state index contributed by atoms with van der Waals surface area (Å²) in [7, 11) is 1.96. The van der Waals surface area contributed by atoms with Gasteiger partial charge >= 0.3 is 6.36 Å². The minimum absolute atomic E-state index is 0.0794. The fourth-order valence-corrected chi connectivity index (χ4v) is 3.71. The Kier molecular flexibility index (Phi) is 4.26. The van der Waals surface area contributed by atoms with Crippen molar-refractivity contribution in [1.29, 1.82) is 0 Å². The molecule has 0 saturated carbocycles. The second kappa shape index (κ2) is 6.52. The van der Waals surface area contributed by atoms with E-state index in [2.05, 4.69) is 20.1 Å². The Labute approximate surface area is 158 Å². The number of carbonyl (C=O) groups is 1. The largest absolute Gasteiger partial charge is 0.573 e. The van der Waals surface area contributed by atoms with Crippen molar-refractivity contribution in [1.82, 2.24) is 4.90 Å². The number of oxime groups is 1. The number of halogens is 3. The Bertz CT molecular complexity index is 985. The van der Waals surface area contributed by atoms with E-state index in [1.54, 1.807) is 18.2 Å². The van der Waals surface area contributed by atoms with E-state index < -0.39 is 12.3 Å². The van der Waals surface area contributed by atoms with E-state index in [0.717, 1.165) is 29.7 Å². The number of nitrogens with one attached hydrogen (secondary N) is 1. The van der Waals surface area contributed by atoms with Gasteiger partial charge in [-0.3, -0.25) is 4.79 Å². The van der Waals surface area contributed by atoms with Gasteiger partial charge in [0.1, 0.15) is 5.75 Å². The summed E-state index contributed by atoms with van der Waals surface area (Å²) in [5.74, 6) is -0.792. The molecule has 0 unspecified atom stereocenters. The van der Waals surface area contributed by atoms with Gasteiger partial charge in [-0.15, -0.1) is 13.2 Å². The fourth-order valence-electron chi connectivity index (χ4n) is 3.71. The first-order chi connectivity index (χ1) is 13.3. The van der Waals surface area contributed by atoms with Crippen LogP contribution in [0, 0.1) is 0 Å². The molecule has 0 saturated heterocycles. The zero-order valence-electron chi connectivity index (χ0n) is 14.8. The average Bonchev–Trinajstić information content (AvgIpc) is 2.95. The van der Waals surface area contributed by atoms with Crippen LogP contribution in [0.15, 0.2) is 35.5 Å². The Hall–Kier alpha value is -3.07. The van der Waals surface area contributed by atoms with Crippen LogP contribution in [0.5, 0.6) is 5.75 Å². The number of amides is 1. The number of carbonyl (C=O) groups excluding carboxylic acids is 1. The van der Waals surface area contributed by atoms with Crippen LogP contribution >= 0.6 is 0 Å². The van der Waals surface area contributed by atoms with Crippen LogP contribution in [0.25, 0.3) is 11.1 Å². The van der Waals surface area contributed by atoms with Gasteiger partial charge in [0.05, 0.1) is 5.69 Å². The standard InChI is InChI=1S/C19H16F3N3O3/c1-25-7-6-12-13(10-2-4-11(5-3-10)28-19(20,21)22)8-14-16(15(12)9-25)23-18(26)17(14)24-27/h2-5,8,27H,6-7,9H2,1H3,(H,23,24,26). The number of anilines is 1. The summed E-state index contributed by atoms with van der Waals surface area (Å²) >= 11 is 0. The van der Waals surface area contributed by atoms with Crippen molar-refractivity contribution in [2.75, 3.05) is 18.9 Å². The highest BCUT2D eigenvalue weighted by atomic mass is 19.4. The Balaban J connectivity index is 1.83. The highest BCUT2D eigenvalue weighted by molar-refractivity contribution is 6.54. The zero-order valence-corrected chi connectivity index (χ0v) is 14.8. The van der Waals surface area contributed by atoms with Crippen LogP contribution in [-0.2, 0) is 17.8 Å². The van der Waals surface area contributed by atoms with Crippen LogP contribution in [0.2, 0.25) is 0 Å². The van der Waals surface area contributed by atoms with Crippen molar-refractivity contribution in [2.24, 2.45) is 5.16 Å². The summed E-state index contributed by atoms with van der Waals surface area (Å²) in [5, 5.41) is 15.1. The molecule has 0 spiro atoms. The molecule has 0 atom stereocenters. The molecule has 2 heterocycles. The molecule has 28 heavy (non-hydrogen) atoms. The molecule has 0 fully saturated rings. The molecule has 2 N–H and O–H groups in total. The van der Waals surface area contributed by atoms with Crippen LogP contribution in [0.4, 0.5) is 18.9 Å². The predicted molar refractivity (Wildman–Crippen MR) is 95.6 cm³/mol. The van der Waals surface area contributed by atoms with Crippen molar-refractivity contribution in [3.05, 3.63) is 47.0 Å². The smallest absolute Gasteiger partial charge is 0.410 e. The first kappa shape index (κ1) is 18.3. The molecule has 0 aromatic heterocycles. The van der Waals surface area contributed by atoms with E-state index in [-0.39, 0.29) is 11.5 Å². The lowest BCUT2D eigenvalue weighted by Gasteiger charge is -2.29. The Morgan fingerprint density at radius 1 is 1.18 bits per heavy atom. The molecule has 2 aromatic rings. The normalized spacial score (nSPS) is 18.0. The highest BCUT2D eigenvalue weighted by Gasteiger charge is 2.34. The van der Waals surface area contributed by atoms with Crippen LogP contribution in [0.1, 0.15) is 16.7 Å². The first-order valence-corrected chi connectivity index (χ1v) is 8.54. The van der Waals surface area contributed by atoms with Gasteiger partial charge in [-0.2, -0.15) is 0 Å². The molecule has 0 bridgehead atoms. The van der Waals surface area contributed by atoms with Gasteiger partial charge in [0.15, 0.2) is 5.71 Å². The minimum Gasteiger partial charge on any atom is -0.410 e. The van der Waals surface area contributed by atoms with Gasteiger partial charge in [0.2, 0.25) is 0 Å². The maximum absolute atomic E-state index is 12.4. The quantitative estimate of drug-likeness (QED) is 0.608. The van der Waals surface area contributed by atoms with E-state index in [9.17, 15) is 23.2 Å². The molecule has 0 radical (unpaired) electrons. The van der Waals surface area contributed by atoms with Crippen molar-refractivity contribution < 1.29 is 27.9 Å². The molecule has 2 aliphatic heterocycles. The zero-order chi connectivity index (χ0) is 20.1. The van der Waals surface area contributed by atoms with Gasteiger partial charge < -0.3 is 20.2 Å². The number of hydrogen-bond donors (Lipinski definition) is 2. The summed E-state index contributed by atoms with van der Waals surface area (Å²) in [5.41, 5.74) is 4.44. The monoisotopic (exact) mass is 391 g/mol. The van der Waals surface area contributed by atoms with E-state index >= 15 is 0 Å². The van der Waals surface area contributed by atoms with Crippen molar-refractivity contribution in [3.63, 3.8) is 0 Å². The number of likely N-dealkylation sites (N-methyl/N-ethyl adjacent to an activating group) is 1. The summed E-state index contributed by atoms with van der Waals surface area (Å²) in [6.07, 6.45) is -4.03. The average molecular weight is 391 g/mol. The van der Waals surface area contributed by atoms with Crippen LogP contribution in [0.3, 0.4) is 0 Å². The number of fused-ring (bicyclic) bond motifs is 3. The Morgan fingerprint density at radius 3 is 2.54 bits per heavy atom. The number of hydrogen-bond acceptors (Lipinski definition) is 5. The third-order valence-corrected chi connectivity index (χ3v) is 4.93. The van der Waals surface area contributed by atoms with Crippen LogP contribution in [-0.4, -0.2) is 41.7 Å². The predicted octanol–water partition coefficient (Wildman–Crippen LogP) is 3.37. The summed E-state index contributed by atoms with van der Waals surface area (Å²) in [6, 6.07) is 7.33. The molecule has 4 rings (SSSR count). The molecule has 0 aliphatic carbocycles. The lowest BCUT2D eigenvalue weighted by atomic mass is 9.87. The first-order valence-electron chi connectivity index (χ1n) is 8.54. The maximum Gasteiger partial charge on any atom is 0.573 e. The third kappa shape index (κ3) is 3.18. The van der Waals surface area contributed by atoms with Crippen molar-refractivity contribution >= 4 is 17.3 Å². The number of alkyl halides is 3. The van der Waals surface area contributed by atoms with Gasteiger partial charge in [-0.05, 0) is 53.9 Å². The number of ether oxygens (including phenoxy) is 1. The number of rotatable bonds is 2. The van der Waals surface area contributed by atoms with Gasteiger partial charge in [-0.1, -0.05) is 17.3 Å². The number of nitrogens with zero attached hydrogens (tertiary/aromatic N) is 2. The SMILES string of the molecule is CN1CCc2c(-c3ccc(OC(F)(F)F)cc3)cc3c(c2C1)NC(=O)/C3=N/O. The molecule has 9 heteroatoms. The lowest BCUT2D eigenvalue weighted by molar-refractivity contribution is -0.274. The second-order valence-corrected chi connectivity index (χ2v) is 6.77. The number of benzene rings is 2. The maximum atomic E-state index is 12.4. The van der Waals surface area contributed by atoms with E-state index in [1.807, 2.05) is 7.05 Å². The van der Waals surface area contributed by atoms with Crippen molar-refractivity contribution in [3.8, 4) is 16.9 Å². The molecular weight excluding hydrogens is 375 g/mol. The van der Waals surface area contributed by atoms with Crippen molar-refractivity contribution in [2.45, 2.75) is 19.3 Å².